The third-order valence-electron chi connectivity index (χ3n) is 3.48. The highest BCUT2D eigenvalue weighted by molar-refractivity contribution is 7.89. The number of nitrogens with two attached hydrogens (primary N) is 1. The van der Waals surface area contributed by atoms with Crippen LogP contribution < -0.4 is 10.5 Å². The van der Waals surface area contributed by atoms with Gasteiger partial charge in [-0.15, -0.1) is 0 Å². The molecule has 3 N–H and O–H groups in total. The molecule has 0 spiro atoms. The van der Waals surface area contributed by atoms with Gasteiger partial charge in [0.25, 0.3) is 10.0 Å². The molecule has 1 aliphatic carbocycles. The number of imidazole rings is 1. The number of anilines is 1. The van der Waals surface area contributed by atoms with Gasteiger partial charge in [-0.25, -0.2) is 18.1 Å². The maximum absolute atomic E-state index is 12.1. The van der Waals surface area contributed by atoms with Gasteiger partial charge in [0.05, 0.1) is 6.33 Å². The maximum atomic E-state index is 12.1. The molecular formula is C11H20N4O2S. The Balaban J connectivity index is 1.95. The molecule has 1 saturated carbocycles. The summed E-state index contributed by atoms with van der Waals surface area (Å²) in [6.07, 6.45) is 7.28. The first-order valence-electron chi connectivity index (χ1n) is 6.27. The highest BCUT2D eigenvalue weighted by Crippen LogP contribution is 2.27. The molecule has 0 radical (unpaired) electrons. The maximum Gasteiger partial charge on any atom is 0.260 e. The Morgan fingerprint density at radius 2 is 2.17 bits per heavy atom. The first-order valence-corrected chi connectivity index (χ1v) is 7.75. The standard InChI is InChI=1S/C11H20N4O2S/c1-15-8-13-10(12)11(15)18(16,17)14-7-6-9-4-2-3-5-9/h8-9,14H,2-7,12H2,1H3. The fourth-order valence-corrected chi connectivity index (χ4v) is 3.81. The summed E-state index contributed by atoms with van der Waals surface area (Å²) >= 11 is 0. The summed E-state index contributed by atoms with van der Waals surface area (Å²) < 4.78 is 28.1. The quantitative estimate of drug-likeness (QED) is 0.832. The van der Waals surface area contributed by atoms with Crippen LogP contribution in [-0.2, 0) is 17.1 Å². The molecule has 102 valence electrons. The molecule has 1 fully saturated rings. The van der Waals surface area contributed by atoms with E-state index in [1.807, 2.05) is 0 Å². The number of aromatic nitrogens is 2. The van der Waals surface area contributed by atoms with Gasteiger partial charge in [-0.2, -0.15) is 0 Å². The van der Waals surface area contributed by atoms with E-state index < -0.39 is 10.0 Å². The number of hydrogen-bond acceptors (Lipinski definition) is 4. The van der Waals surface area contributed by atoms with E-state index in [-0.39, 0.29) is 10.8 Å². The van der Waals surface area contributed by atoms with Crippen molar-refractivity contribution >= 4 is 15.8 Å². The van der Waals surface area contributed by atoms with Crippen LogP contribution in [0.5, 0.6) is 0 Å². The number of hydrogen-bond donors (Lipinski definition) is 2. The lowest BCUT2D eigenvalue weighted by molar-refractivity contribution is 0.494. The average molecular weight is 272 g/mol. The molecule has 1 aliphatic rings. The first-order chi connectivity index (χ1) is 8.50. The van der Waals surface area contributed by atoms with E-state index >= 15 is 0 Å². The second-order valence-corrected chi connectivity index (χ2v) is 6.57. The molecule has 0 unspecified atom stereocenters. The van der Waals surface area contributed by atoms with Gasteiger partial charge >= 0.3 is 0 Å². The number of sulfonamides is 1. The second-order valence-electron chi connectivity index (χ2n) is 4.88. The lowest BCUT2D eigenvalue weighted by atomic mass is 10.1. The molecule has 0 aliphatic heterocycles. The van der Waals surface area contributed by atoms with E-state index in [1.54, 1.807) is 7.05 Å². The Morgan fingerprint density at radius 1 is 1.50 bits per heavy atom. The zero-order valence-corrected chi connectivity index (χ0v) is 11.4. The predicted octanol–water partition coefficient (Wildman–Crippen LogP) is 0.861. The van der Waals surface area contributed by atoms with Gasteiger partial charge in [-0.05, 0) is 12.3 Å². The van der Waals surface area contributed by atoms with Crippen LogP contribution in [0, 0.1) is 5.92 Å². The van der Waals surface area contributed by atoms with Gasteiger partial charge < -0.3 is 10.3 Å². The van der Waals surface area contributed by atoms with E-state index in [9.17, 15) is 8.42 Å². The Labute approximate surface area is 108 Å². The van der Waals surface area contributed by atoms with Crippen molar-refractivity contribution in [3.8, 4) is 0 Å². The van der Waals surface area contributed by atoms with Gasteiger partial charge in [-0.3, -0.25) is 0 Å². The summed E-state index contributed by atoms with van der Waals surface area (Å²) in [5.41, 5.74) is 5.57. The number of nitrogen functional groups attached to an aromatic ring is 1. The molecule has 1 heterocycles. The van der Waals surface area contributed by atoms with E-state index in [1.165, 1.54) is 36.6 Å². The molecule has 6 nitrogen and oxygen atoms in total. The van der Waals surface area contributed by atoms with E-state index in [4.69, 9.17) is 5.73 Å². The highest BCUT2D eigenvalue weighted by atomic mass is 32.2. The fourth-order valence-electron chi connectivity index (χ4n) is 2.53. The summed E-state index contributed by atoms with van der Waals surface area (Å²) in [4.78, 5) is 3.79. The van der Waals surface area contributed by atoms with E-state index in [0.717, 1.165) is 6.42 Å². The number of rotatable bonds is 5. The zero-order chi connectivity index (χ0) is 13.2. The molecule has 0 aromatic carbocycles. The fraction of sp³-hybridized carbons (Fsp3) is 0.727. The van der Waals surface area contributed by atoms with Crippen LogP contribution in [0.15, 0.2) is 11.4 Å². The number of aryl methyl sites for hydroxylation is 1. The Hall–Kier alpha value is -1.08. The smallest absolute Gasteiger partial charge is 0.260 e. The number of nitrogens with zero attached hydrogens (tertiary/aromatic N) is 2. The SMILES string of the molecule is Cn1cnc(N)c1S(=O)(=O)NCCC1CCCC1. The van der Waals surface area contributed by atoms with E-state index in [0.29, 0.717) is 12.5 Å². The zero-order valence-electron chi connectivity index (χ0n) is 10.6. The molecule has 2 rings (SSSR count). The summed E-state index contributed by atoms with van der Waals surface area (Å²) in [7, 11) is -1.92. The monoisotopic (exact) mass is 272 g/mol. The van der Waals surface area contributed by atoms with Crippen molar-refractivity contribution in [2.24, 2.45) is 13.0 Å². The molecule has 1 aromatic heterocycles. The van der Waals surface area contributed by atoms with Gasteiger partial charge in [0.2, 0.25) is 0 Å². The summed E-state index contributed by atoms with van der Waals surface area (Å²) in [5.74, 6) is 0.711. The highest BCUT2D eigenvalue weighted by Gasteiger charge is 2.22. The predicted molar refractivity (Wildman–Crippen MR) is 69.4 cm³/mol. The first kappa shape index (κ1) is 13.4. The molecule has 18 heavy (non-hydrogen) atoms. The minimum Gasteiger partial charge on any atom is -0.381 e. The normalized spacial score (nSPS) is 17.4. The minimum absolute atomic E-state index is 0.0471. The molecule has 1 aromatic rings. The molecular weight excluding hydrogens is 252 g/mol. The van der Waals surface area contributed by atoms with Crippen molar-refractivity contribution in [1.82, 2.24) is 14.3 Å². The van der Waals surface area contributed by atoms with Crippen molar-refractivity contribution < 1.29 is 8.42 Å². The van der Waals surface area contributed by atoms with Crippen LogP contribution in [0.1, 0.15) is 32.1 Å². The van der Waals surface area contributed by atoms with Crippen molar-refractivity contribution in [2.75, 3.05) is 12.3 Å². The molecule has 7 heteroatoms. The summed E-state index contributed by atoms with van der Waals surface area (Å²) in [5, 5.41) is 0.0499. The summed E-state index contributed by atoms with van der Waals surface area (Å²) in [6.45, 7) is 0.470. The van der Waals surface area contributed by atoms with Crippen LogP contribution in [0.3, 0.4) is 0 Å². The van der Waals surface area contributed by atoms with Crippen LogP contribution in [0.4, 0.5) is 5.82 Å². The molecule has 0 bridgehead atoms. The third-order valence-corrected chi connectivity index (χ3v) is 5.07. The van der Waals surface area contributed by atoms with Crippen LogP contribution in [0.25, 0.3) is 0 Å². The Kier molecular flexibility index (Phi) is 3.91. The van der Waals surface area contributed by atoms with Gasteiger partial charge in [0.15, 0.2) is 10.8 Å². The summed E-state index contributed by atoms with van der Waals surface area (Å²) in [6, 6.07) is 0. The van der Waals surface area contributed by atoms with Gasteiger partial charge in [-0.1, -0.05) is 25.7 Å². The Bertz CT molecular complexity index is 484. The molecule has 0 saturated heterocycles. The van der Waals surface area contributed by atoms with Gasteiger partial charge in [0.1, 0.15) is 0 Å². The van der Waals surface area contributed by atoms with Gasteiger partial charge in [0, 0.05) is 13.6 Å². The lowest BCUT2D eigenvalue weighted by Gasteiger charge is -2.11. The number of nitrogens with one attached hydrogen (secondary N) is 1. The molecule has 0 amide bonds. The third kappa shape index (κ3) is 2.84. The van der Waals surface area contributed by atoms with Crippen LogP contribution in [-0.4, -0.2) is 24.5 Å². The van der Waals surface area contributed by atoms with Crippen molar-refractivity contribution in [1.29, 1.82) is 0 Å². The van der Waals surface area contributed by atoms with Crippen LogP contribution in [0.2, 0.25) is 0 Å². The minimum atomic E-state index is -3.54. The topological polar surface area (TPSA) is 90.0 Å². The second kappa shape index (κ2) is 5.27. The molecule has 0 atom stereocenters. The largest absolute Gasteiger partial charge is 0.381 e. The van der Waals surface area contributed by atoms with E-state index in [2.05, 4.69) is 9.71 Å². The van der Waals surface area contributed by atoms with Crippen molar-refractivity contribution in [3.05, 3.63) is 6.33 Å². The lowest BCUT2D eigenvalue weighted by Crippen LogP contribution is -2.28. The average Bonchev–Trinajstić information content (AvgIpc) is 2.89. The van der Waals surface area contributed by atoms with Crippen molar-refractivity contribution in [2.45, 2.75) is 37.1 Å². The Morgan fingerprint density at radius 3 is 2.72 bits per heavy atom. The van der Waals surface area contributed by atoms with Crippen LogP contribution >= 0.6 is 0 Å². The van der Waals surface area contributed by atoms with Crippen molar-refractivity contribution in [3.63, 3.8) is 0 Å².